The number of phenolic OH excluding ortho intramolecular Hbond substituents is 3. The minimum atomic E-state index is -1.92. The Morgan fingerprint density at radius 2 is 1.58 bits per heavy atom. The maximum absolute atomic E-state index is 13.2. The van der Waals surface area contributed by atoms with Gasteiger partial charge in [-0.15, -0.1) is 0 Å². The number of ether oxygens (including phenoxy) is 5. The Hall–Kier alpha value is -3.71. The number of phenols is 3. The van der Waals surface area contributed by atoms with Crippen LogP contribution in [-0.4, -0.2) is 122 Å². The van der Waals surface area contributed by atoms with E-state index < -0.39 is 96.6 Å². The Balaban J connectivity index is 1.45. The van der Waals surface area contributed by atoms with Gasteiger partial charge in [-0.1, -0.05) is 0 Å². The molecule has 0 spiro atoms. The van der Waals surface area contributed by atoms with E-state index in [2.05, 4.69) is 0 Å². The molecule has 0 saturated carbocycles. The van der Waals surface area contributed by atoms with Gasteiger partial charge in [0, 0.05) is 11.6 Å². The van der Waals surface area contributed by atoms with E-state index in [9.17, 15) is 50.8 Å². The quantitative estimate of drug-likeness (QED) is 0.134. The highest BCUT2D eigenvalue weighted by Crippen LogP contribution is 2.44. The standard InChI is InChI=1S/C27H30O16/c1-38-25-19(34)15-12(40-23(25)9-2-4-10(29)5-3-9)6-13(17(32)18(15)33)41-27-22(37)20(35)24(14(7-28)42-27)43-26-21(36)16(31)11(30)8-39-26/h2-6,11,14,16,20-22,24,26-33,35-37H,7-8H2,1H3/t11-,14-,16+,20-,21-,22-,24-,26+,27-/m1/s1. The maximum Gasteiger partial charge on any atom is 0.239 e. The van der Waals surface area contributed by atoms with Gasteiger partial charge in [-0.05, 0) is 24.3 Å². The largest absolute Gasteiger partial charge is 0.508 e. The molecule has 0 unspecified atom stereocenters. The first-order chi connectivity index (χ1) is 20.5. The highest BCUT2D eigenvalue weighted by Gasteiger charge is 2.49. The van der Waals surface area contributed by atoms with Gasteiger partial charge in [0.15, 0.2) is 23.5 Å². The average molecular weight is 611 g/mol. The summed E-state index contributed by atoms with van der Waals surface area (Å²) in [4.78, 5) is 13.2. The Bertz CT molecular complexity index is 1500. The van der Waals surface area contributed by atoms with E-state index in [1.807, 2.05) is 0 Å². The van der Waals surface area contributed by atoms with Crippen LogP contribution in [0.1, 0.15) is 0 Å². The van der Waals surface area contributed by atoms with Crippen LogP contribution in [0.25, 0.3) is 22.3 Å². The molecule has 3 heterocycles. The van der Waals surface area contributed by atoms with Gasteiger partial charge in [0.1, 0.15) is 59.4 Å². The number of aromatic hydroxyl groups is 3. The van der Waals surface area contributed by atoms with Gasteiger partial charge in [0.2, 0.25) is 23.2 Å². The maximum atomic E-state index is 13.2. The zero-order valence-electron chi connectivity index (χ0n) is 22.4. The smallest absolute Gasteiger partial charge is 0.239 e. The Morgan fingerprint density at radius 1 is 0.907 bits per heavy atom. The van der Waals surface area contributed by atoms with Gasteiger partial charge in [-0.3, -0.25) is 4.79 Å². The van der Waals surface area contributed by atoms with Crippen LogP contribution in [0, 0.1) is 0 Å². The van der Waals surface area contributed by atoms with Crippen molar-refractivity contribution >= 4 is 11.0 Å². The molecule has 3 aromatic rings. The molecule has 0 amide bonds. The Kier molecular flexibility index (Phi) is 8.66. The summed E-state index contributed by atoms with van der Waals surface area (Å²) in [5.74, 6) is -2.89. The van der Waals surface area contributed by atoms with E-state index in [1.165, 1.54) is 31.4 Å². The second kappa shape index (κ2) is 12.1. The second-order valence-corrected chi connectivity index (χ2v) is 9.96. The molecule has 2 fully saturated rings. The molecule has 0 radical (unpaired) electrons. The molecule has 2 saturated heterocycles. The molecule has 9 N–H and O–H groups in total. The first-order valence-electron chi connectivity index (χ1n) is 13.0. The van der Waals surface area contributed by atoms with Crippen molar-refractivity contribution in [3.63, 3.8) is 0 Å². The second-order valence-electron chi connectivity index (χ2n) is 9.96. The predicted octanol–water partition coefficient (Wildman–Crippen LogP) is -1.77. The molecule has 5 rings (SSSR count). The van der Waals surface area contributed by atoms with Gasteiger partial charge < -0.3 is 74.1 Å². The molecule has 9 atom stereocenters. The van der Waals surface area contributed by atoms with Crippen LogP contribution in [0.2, 0.25) is 0 Å². The van der Waals surface area contributed by atoms with Gasteiger partial charge in [0.25, 0.3) is 0 Å². The fraction of sp³-hybridized carbons (Fsp3) is 0.444. The van der Waals surface area contributed by atoms with E-state index in [-0.39, 0.29) is 22.8 Å². The normalized spacial score (nSPS) is 31.2. The number of aliphatic hydroxyl groups excluding tert-OH is 6. The molecule has 1 aromatic heterocycles. The molecular weight excluding hydrogens is 580 g/mol. The minimum absolute atomic E-state index is 0.0509. The van der Waals surface area contributed by atoms with Crippen molar-refractivity contribution in [3.05, 3.63) is 40.6 Å². The number of benzene rings is 2. The van der Waals surface area contributed by atoms with Crippen LogP contribution in [-0.2, 0) is 14.2 Å². The highest BCUT2D eigenvalue weighted by atomic mass is 16.7. The molecule has 0 bridgehead atoms. The number of rotatable bonds is 7. The third kappa shape index (κ3) is 5.55. The first kappa shape index (κ1) is 30.7. The van der Waals surface area contributed by atoms with E-state index >= 15 is 0 Å². The summed E-state index contributed by atoms with van der Waals surface area (Å²) >= 11 is 0. The summed E-state index contributed by atoms with van der Waals surface area (Å²) in [5.41, 5.74) is -0.807. The predicted molar refractivity (Wildman–Crippen MR) is 140 cm³/mol. The molecule has 234 valence electrons. The first-order valence-corrected chi connectivity index (χ1v) is 13.0. The van der Waals surface area contributed by atoms with E-state index in [1.54, 1.807) is 0 Å². The van der Waals surface area contributed by atoms with Gasteiger partial charge >= 0.3 is 0 Å². The molecule has 0 aliphatic carbocycles. The number of aliphatic hydroxyl groups is 6. The lowest BCUT2D eigenvalue weighted by Crippen LogP contribution is -2.63. The van der Waals surface area contributed by atoms with Crippen LogP contribution in [0.3, 0.4) is 0 Å². The summed E-state index contributed by atoms with van der Waals surface area (Å²) < 4.78 is 32.8. The number of hydrogen-bond donors (Lipinski definition) is 9. The SMILES string of the molecule is COc1c(-c2ccc(O)cc2)oc2cc(O[C@@H]3O[C@H](CO)[C@@H](O[C@@H]4OC[C@@H](O)[C@H](O)[C@H]4O)[C@H](O)[C@H]3O)c(O)c(O)c2c1=O. The Labute approximate surface area is 241 Å². The lowest BCUT2D eigenvalue weighted by atomic mass is 9.98. The average Bonchev–Trinajstić information content (AvgIpc) is 2.99. The van der Waals surface area contributed by atoms with E-state index in [4.69, 9.17) is 28.1 Å². The summed E-state index contributed by atoms with van der Waals surface area (Å²) in [6.45, 7) is -1.21. The van der Waals surface area contributed by atoms with Crippen LogP contribution in [0.5, 0.6) is 28.7 Å². The highest BCUT2D eigenvalue weighted by molar-refractivity contribution is 5.91. The minimum Gasteiger partial charge on any atom is -0.508 e. The van der Waals surface area contributed by atoms with Crippen molar-refractivity contribution in [2.24, 2.45) is 0 Å². The fourth-order valence-electron chi connectivity index (χ4n) is 4.86. The van der Waals surface area contributed by atoms with Crippen LogP contribution >= 0.6 is 0 Å². The summed E-state index contributed by atoms with van der Waals surface area (Å²) in [5, 5.41) is 91.7. The number of fused-ring (bicyclic) bond motifs is 1. The molecule has 2 aliphatic rings. The third-order valence-electron chi connectivity index (χ3n) is 7.20. The van der Waals surface area contributed by atoms with Crippen LogP contribution < -0.4 is 14.9 Å². The summed E-state index contributed by atoms with van der Waals surface area (Å²) in [7, 11) is 1.20. The summed E-state index contributed by atoms with van der Waals surface area (Å²) in [6.07, 6.45) is -14.8. The van der Waals surface area contributed by atoms with Crippen molar-refractivity contribution in [2.75, 3.05) is 20.3 Å². The van der Waals surface area contributed by atoms with Crippen LogP contribution in [0.4, 0.5) is 0 Å². The molecule has 16 nitrogen and oxygen atoms in total. The summed E-state index contributed by atoms with van der Waals surface area (Å²) in [6, 6.07) is 6.60. The molecule has 2 aromatic carbocycles. The zero-order chi connectivity index (χ0) is 31.2. The van der Waals surface area contributed by atoms with E-state index in [0.717, 1.165) is 6.07 Å². The number of methoxy groups -OCH3 is 1. The third-order valence-corrected chi connectivity index (χ3v) is 7.20. The van der Waals surface area contributed by atoms with E-state index in [0.29, 0.717) is 5.56 Å². The lowest BCUT2D eigenvalue weighted by Gasteiger charge is -2.44. The molecule has 16 heteroatoms. The topological polar surface area (TPSA) is 258 Å². The van der Waals surface area contributed by atoms with Crippen molar-refractivity contribution in [1.82, 2.24) is 0 Å². The monoisotopic (exact) mass is 610 g/mol. The zero-order valence-corrected chi connectivity index (χ0v) is 22.4. The van der Waals surface area contributed by atoms with Crippen molar-refractivity contribution < 1.29 is 74.1 Å². The van der Waals surface area contributed by atoms with Crippen molar-refractivity contribution in [3.8, 4) is 40.1 Å². The van der Waals surface area contributed by atoms with Crippen LogP contribution in [0.15, 0.2) is 39.5 Å². The Morgan fingerprint density at radius 3 is 2.23 bits per heavy atom. The number of hydrogen-bond acceptors (Lipinski definition) is 16. The molecule has 2 aliphatic heterocycles. The van der Waals surface area contributed by atoms with Crippen molar-refractivity contribution in [1.29, 1.82) is 0 Å². The molecule has 43 heavy (non-hydrogen) atoms. The van der Waals surface area contributed by atoms with Gasteiger partial charge in [-0.2, -0.15) is 0 Å². The van der Waals surface area contributed by atoms with Gasteiger partial charge in [0.05, 0.1) is 20.3 Å². The lowest BCUT2D eigenvalue weighted by molar-refractivity contribution is -0.339. The molecular formula is C27H30O16. The van der Waals surface area contributed by atoms with Gasteiger partial charge in [-0.25, -0.2) is 0 Å². The fourth-order valence-corrected chi connectivity index (χ4v) is 4.86. The van der Waals surface area contributed by atoms with Crippen molar-refractivity contribution in [2.45, 2.75) is 55.3 Å².